The first kappa shape index (κ1) is 26.5. The van der Waals surface area contributed by atoms with E-state index in [9.17, 15) is 9.59 Å². The second-order valence-corrected chi connectivity index (χ2v) is 9.69. The zero-order valence-corrected chi connectivity index (χ0v) is 21.8. The molecular weight excluding hydrogens is 484 g/mol. The van der Waals surface area contributed by atoms with E-state index in [0.717, 1.165) is 24.9 Å². The number of nitrogens with zero attached hydrogens (tertiary/aromatic N) is 2. The molecule has 35 heavy (non-hydrogen) atoms. The molecule has 0 saturated carbocycles. The van der Waals surface area contributed by atoms with Gasteiger partial charge in [0.2, 0.25) is 11.0 Å². The Morgan fingerprint density at radius 1 is 0.943 bits per heavy atom. The van der Waals surface area contributed by atoms with Crippen molar-refractivity contribution in [2.45, 2.75) is 44.4 Å². The van der Waals surface area contributed by atoms with Crippen molar-refractivity contribution in [3.05, 3.63) is 53.6 Å². The third-order valence-corrected chi connectivity index (χ3v) is 6.79. The Hall–Kier alpha value is -3.11. The van der Waals surface area contributed by atoms with Crippen LogP contribution >= 0.6 is 23.1 Å². The first-order valence-electron chi connectivity index (χ1n) is 11.6. The smallest absolute Gasteiger partial charge is 0.257 e. The lowest BCUT2D eigenvalue weighted by molar-refractivity contribution is -0.113. The maximum atomic E-state index is 12.7. The molecule has 0 aliphatic heterocycles. The van der Waals surface area contributed by atoms with E-state index < -0.39 is 0 Å². The van der Waals surface area contributed by atoms with Gasteiger partial charge in [-0.3, -0.25) is 14.9 Å². The highest BCUT2D eigenvalue weighted by Crippen LogP contribution is 2.30. The van der Waals surface area contributed by atoms with Crippen LogP contribution in [0.3, 0.4) is 0 Å². The second-order valence-electron chi connectivity index (χ2n) is 7.49. The lowest BCUT2D eigenvalue weighted by Gasteiger charge is -2.12. The molecule has 1 aromatic heterocycles. The Labute approximate surface area is 213 Å². The third-order valence-electron chi connectivity index (χ3n) is 4.82. The summed E-state index contributed by atoms with van der Waals surface area (Å²) in [6.07, 6.45) is 3.35. The number of benzene rings is 2. The molecule has 2 N–H and O–H groups in total. The Kier molecular flexibility index (Phi) is 10.4. The summed E-state index contributed by atoms with van der Waals surface area (Å²) in [4.78, 5) is 25.0. The molecule has 0 bridgehead atoms. The van der Waals surface area contributed by atoms with Gasteiger partial charge in [-0.1, -0.05) is 48.6 Å². The molecule has 0 radical (unpaired) electrons. The number of anilines is 2. The molecular formula is C25H30N4O4S2. The number of amides is 2. The van der Waals surface area contributed by atoms with E-state index in [1.54, 1.807) is 18.2 Å². The Balaban J connectivity index is 1.50. The number of nitrogens with one attached hydrogen (secondary N) is 2. The van der Waals surface area contributed by atoms with Gasteiger partial charge < -0.3 is 14.8 Å². The van der Waals surface area contributed by atoms with E-state index in [0.29, 0.717) is 39.7 Å². The van der Waals surface area contributed by atoms with Gasteiger partial charge in [-0.15, -0.1) is 10.2 Å². The van der Waals surface area contributed by atoms with Crippen molar-refractivity contribution in [3.63, 3.8) is 0 Å². The van der Waals surface area contributed by atoms with Gasteiger partial charge in [0.1, 0.15) is 0 Å². The van der Waals surface area contributed by atoms with Crippen molar-refractivity contribution < 1.29 is 19.1 Å². The van der Waals surface area contributed by atoms with Crippen LogP contribution in [-0.4, -0.2) is 41.0 Å². The van der Waals surface area contributed by atoms with Crippen LogP contribution in [0.4, 0.5) is 10.8 Å². The molecule has 0 atom stereocenters. The van der Waals surface area contributed by atoms with Crippen molar-refractivity contribution in [1.82, 2.24) is 10.2 Å². The summed E-state index contributed by atoms with van der Waals surface area (Å²) in [5.41, 5.74) is 2.45. The average molecular weight is 515 g/mol. The molecule has 0 saturated heterocycles. The molecule has 3 rings (SSSR count). The summed E-state index contributed by atoms with van der Waals surface area (Å²) >= 11 is 2.48. The largest absolute Gasteiger partial charge is 0.490 e. The molecule has 2 aromatic carbocycles. The fourth-order valence-corrected chi connectivity index (χ4v) is 4.69. The van der Waals surface area contributed by atoms with Crippen LogP contribution in [0.2, 0.25) is 0 Å². The maximum Gasteiger partial charge on any atom is 0.257 e. The van der Waals surface area contributed by atoms with Crippen molar-refractivity contribution in [2.75, 3.05) is 29.6 Å². The van der Waals surface area contributed by atoms with Crippen LogP contribution in [0.25, 0.3) is 0 Å². The molecule has 0 unspecified atom stereocenters. The summed E-state index contributed by atoms with van der Waals surface area (Å²) in [5, 5.41) is 14.1. The number of hydrogen-bond acceptors (Lipinski definition) is 8. The van der Waals surface area contributed by atoms with Gasteiger partial charge in [0.05, 0.1) is 19.0 Å². The molecule has 0 aliphatic rings. The number of unbranched alkanes of at least 4 members (excludes halogenated alkanes) is 1. The number of rotatable bonds is 13. The quantitative estimate of drug-likeness (QED) is 0.224. The second kappa shape index (κ2) is 13.7. The van der Waals surface area contributed by atoms with Crippen molar-refractivity contribution in [3.8, 4) is 11.5 Å². The van der Waals surface area contributed by atoms with Crippen LogP contribution in [-0.2, 0) is 11.2 Å². The highest BCUT2D eigenvalue weighted by molar-refractivity contribution is 8.01. The fraction of sp³-hybridized carbons (Fsp3) is 0.360. The minimum Gasteiger partial charge on any atom is -0.490 e. The van der Waals surface area contributed by atoms with Gasteiger partial charge in [0, 0.05) is 11.3 Å². The third kappa shape index (κ3) is 8.25. The highest BCUT2D eigenvalue weighted by Gasteiger charge is 2.15. The number of hydrogen-bond donors (Lipinski definition) is 2. The number of carbonyl (C=O) groups excluding carboxylic acids is 2. The van der Waals surface area contributed by atoms with Crippen LogP contribution < -0.4 is 20.1 Å². The number of aryl methyl sites for hydroxylation is 1. The van der Waals surface area contributed by atoms with Gasteiger partial charge in [0.15, 0.2) is 15.8 Å². The van der Waals surface area contributed by atoms with Crippen molar-refractivity contribution in [2.24, 2.45) is 0 Å². The summed E-state index contributed by atoms with van der Waals surface area (Å²) in [7, 11) is 0. The minimum atomic E-state index is -0.332. The van der Waals surface area contributed by atoms with E-state index in [1.165, 1.54) is 28.7 Å². The topological polar surface area (TPSA) is 102 Å². The predicted molar refractivity (Wildman–Crippen MR) is 141 cm³/mol. The zero-order chi connectivity index (χ0) is 25.0. The predicted octanol–water partition coefficient (Wildman–Crippen LogP) is 5.66. The van der Waals surface area contributed by atoms with Crippen molar-refractivity contribution in [1.29, 1.82) is 0 Å². The van der Waals surface area contributed by atoms with Crippen molar-refractivity contribution >= 4 is 45.7 Å². The first-order chi connectivity index (χ1) is 17.0. The average Bonchev–Trinajstić information content (AvgIpc) is 3.31. The Bertz CT molecular complexity index is 1120. The normalized spacial score (nSPS) is 10.6. The number of ether oxygens (including phenoxy) is 2. The summed E-state index contributed by atoms with van der Waals surface area (Å²) in [6, 6.07) is 12.9. The SMILES string of the molecule is CCCCc1ccc(NC(=O)CSc2nnc(NC(=O)c3ccc(OCC)c(OCC)c3)s2)cc1. The molecule has 0 fully saturated rings. The lowest BCUT2D eigenvalue weighted by Crippen LogP contribution is -2.13. The molecule has 0 aliphatic carbocycles. The minimum absolute atomic E-state index is 0.130. The van der Waals surface area contributed by atoms with Gasteiger partial charge in [-0.05, 0) is 62.6 Å². The van der Waals surface area contributed by atoms with Gasteiger partial charge in [0.25, 0.3) is 5.91 Å². The zero-order valence-electron chi connectivity index (χ0n) is 20.1. The van der Waals surface area contributed by atoms with E-state index in [4.69, 9.17) is 9.47 Å². The van der Waals surface area contributed by atoms with Gasteiger partial charge >= 0.3 is 0 Å². The van der Waals surface area contributed by atoms with E-state index in [-0.39, 0.29) is 17.6 Å². The van der Waals surface area contributed by atoms with Crippen LogP contribution in [0.15, 0.2) is 46.8 Å². The fourth-order valence-electron chi connectivity index (χ4n) is 3.14. The molecule has 0 spiro atoms. The molecule has 1 heterocycles. The number of thioether (sulfide) groups is 1. The lowest BCUT2D eigenvalue weighted by atomic mass is 10.1. The maximum absolute atomic E-state index is 12.7. The van der Waals surface area contributed by atoms with Crippen LogP contribution in [0.5, 0.6) is 11.5 Å². The summed E-state index contributed by atoms with van der Waals surface area (Å²) in [5.74, 6) is 0.830. The first-order valence-corrected chi connectivity index (χ1v) is 13.4. The molecule has 186 valence electrons. The van der Waals surface area contributed by atoms with Crippen LogP contribution in [0.1, 0.15) is 49.5 Å². The molecule has 10 heteroatoms. The summed E-state index contributed by atoms with van der Waals surface area (Å²) < 4.78 is 11.7. The number of carbonyl (C=O) groups is 2. The van der Waals surface area contributed by atoms with E-state index in [1.807, 2.05) is 38.1 Å². The van der Waals surface area contributed by atoms with Gasteiger partial charge in [-0.2, -0.15) is 0 Å². The van der Waals surface area contributed by atoms with E-state index in [2.05, 4.69) is 27.8 Å². The van der Waals surface area contributed by atoms with Crippen LogP contribution in [0, 0.1) is 0 Å². The monoisotopic (exact) mass is 514 g/mol. The Morgan fingerprint density at radius 3 is 2.40 bits per heavy atom. The van der Waals surface area contributed by atoms with Gasteiger partial charge in [-0.25, -0.2) is 0 Å². The molecule has 2 amide bonds. The molecule has 3 aromatic rings. The Morgan fingerprint density at radius 2 is 1.69 bits per heavy atom. The highest BCUT2D eigenvalue weighted by atomic mass is 32.2. The standard InChI is InChI=1S/C25H30N4O4S2/c1-4-7-8-17-9-12-19(13-10-17)26-22(30)16-34-25-29-28-24(35-25)27-23(31)18-11-14-20(32-5-2)21(15-18)33-6-3/h9-15H,4-8,16H2,1-3H3,(H,26,30)(H,27,28,31). The van der Waals surface area contributed by atoms with E-state index >= 15 is 0 Å². The number of aromatic nitrogens is 2. The molecule has 8 nitrogen and oxygen atoms in total. The summed E-state index contributed by atoms with van der Waals surface area (Å²) in [6.45, 7) is 6.88.